The lowest BCUT2D eigenvalue weighted by Gasteiger charge is -2.49. The summed E-state index contributed by atoms with van der Waals surface area (Å²) in [5.74, 6) is -1.04. The number of nitrogens with one attached hydrogen (secondary N) is 1. The minimum Gasteiger partial charge on any atom is -0.448 e. The molecule has 1 fully saturated rings. The highest BCUT2D eigenvalue weighted by atomic mass is 32.2. The molecule has 218 valence electrons. The lowest BCUT2D eigenvalue weighted by atomic mass is 10.0. The number of aromatic nitrogens is 1. The van der Waals surface area contributed by atoms with Crippen LogP contribution in [0.25, 0.3) is 0 Å². The predicted molar refractivity (Wildman–Crippen MR) is 162 cm³/mol. The molecule has 2 amide bonds. The summed E-state index contributed by atoms with van der Waals surface area (Å²) in [7, 11) is 2.86. The zero-order valence-electron chi connectivity index (χ0n) is 22.6. The molecular formula is C28H27N5O6S3. The average Bonchev–Trinajstić information content (AvgIpc) is 3.45. The molecule has 14 heteroatoms. The first-order chi connectivity index (χ1) is 20.4. The van der Waals surface area contributed by atoms with Gasteiger partial charge in [0, 0.05) is 23.1 Å². The van der Waals surface area contributed by atoms with Crippen molar-refractivity contribution < 1.29 is 28.7 Å². The Hall–Kier alpha value is -3.85. The number of carbonyl (C=O) groups excluding carboxylic acids is 3. The van der Waals surface area contributed by atoms with Crippen molar-refractivity contribution in [3.63, 3.8) is 0 Å². The maximum atomic E-state index is 13.9. The van der Waals surface area contributed by atoms with Gasteiger partial charge in [-0.05, 0) is 11.1 Å². The molecule has 0 spiro atoms. The van der Waals surface area contributed by atoms with Crippen LogP contribution < -0.4 is 11.1 Å². The second-order valence-electron chi connectivity index (χ2n) is 8.98. The van der Waals surface area contributed by atoms with Crippen molar-refractivity contribution in [2.75, 3.05) is 31.6 Å². The van der Waals surface area contributed by atoms with Gasteiger partial charge in [-0.3, -0.25) is 14.5 Å². The monoisotopic (exact) mass is 625 g/mol. The predicted octanol–water partition coefficient (Wildman–Crippen LogP) is 3.36. The van der Waals surface area contributed by atoms with Crippen LogP contribution in [0.2, 0.25) is 0 Å². The number of oxime groups is 1. The number of hydrogen-bond acceptors (Lipinski definition) is 12. The van der Waals surface area contributed by atoms with E-state index in [0.717, 1.165) is 22.5 Å². The van der Waals surface area contributed by atoms with Crippen LogP contribution in [0, 0.1) is 0 Å². The molecular weight excluding hydrogens is 599 g/mol. The zero-order valence-corrected chi connectivity index (χ0v) is 25.0. The number of thioether (sulfide) groups is 2. The first-order valence-electron chi connectivity index (χ1n) is 12.7. The summed E-state index contributed by atoms with van der Waals surface area (Å²) in [6.45, 7) is 0. The quantitative estimate of drug-likeness (QED) is 0.107. The van der Waals surface area contributed by atoms with Gasteiger partial charge in [0.15, 0.2) is 16.9 Å². The average molecular weight is 626 g/mol. The minimum atomic E-state index is -0.906. The minimum absolute atomic E-state index is 0.113. The van der Waals surface area contributed by atoms with E-state index in [1.165, 1.54) is 35.5 Å². The van der Waals surface area contributed by atoms with Gasteiger partial charge >= 0.3 is 5.97 Å². The SMILES string of the molecule is COCSC1=C(C(=O)OC(c2ccccc2)c2ccccc2)N2C(=O)[C@@H](NC(=O)/C(=N\OC)c3csc(N)n3)[C@H]2SC1. The molecule has 42 heavy (non-hydrogen) atoms. The van der Waals surface area contributed by atoms with Crippen LogP contribution in [0.15, 0.2) is 81.8 Å². The highest BCUT2D eigenvalue weighted by Crippen LogP contribution is 2.44. The summed E-state index contributed by atoms with van der Waals surface area (Å²) in [6.07, 6.45) is -0.695. The van der Waals surface area contributed by atoms with Gasteiger partial charge in [-0.1, -0.05) is 77.6 Å². The summed E-state index contributed by atoms with van der Waals surface area (Å²) in [5, 5.41) is 7.81. The number of carbonyl (C=O) groups is 3. The highest BCUT2D eigenvalue weighted by molar-refractivity contribution is 8.06. The van der Waals surface area contributed by atoms with Crippen molar-refractivity contribution in [2.45, 2.75) is 17.5 Å². The molecule has 1 aromatic heterocycles. The van der Waals surface area contributed by atoms with Crippen molar-refractivity contribution in [3.8, 4) is 0 Å². The van der Waals surface area contributed by atoms with E-state index in [0.29, 0.717) is 10.7 Å². The fourth-order valence-corrected chi connectivity index (χ4v) is 7.33. The zero-order chi connectivity index (χ0) is 29.6. The Bertz CT molecular complexity index is 1470. The number of β-lactam (4-membered cyclic amide) rings is 1. The summed E-state index contributed by atoms with van der Waals surface area (Å²) >= 11 is 3.89. The number of methoxy groups -OCH3 is 1. The van der Waals surface area contributed by atoms with Gasteiger partial charge in [0.1, 0.15) is 29.9 Å². The van der Waals surface area contributed by atoms with Gasteiger partial charge in [-0.15, -0.1) is 23.1 Å². The summed E-state index contributed by atoms with van der Waals surface area (Å²) in [5.41, 5.74) is 7.56. The maximum Gasteiger partial charge on any atom is 0.356 e. The molecule has 0 aliphatic carbocycles. The number of ether oxygens (including phenoxy) is 2. The van der Waals surface area contributed by atoms with E-state index >= 15 is 0 Å². The second-order valence-corrected chi connectivity index (χ2v) is 12.0. The fraction of sp³-hybridized carbons (Fsp3) is 0.250. The molecule has 5 rings (SSSR count). The van der Waals surface area contributed by atoms with Gasteiger partial charge in [0.05, 0.1) is 5.94 Å². The molecule has 3 heterocycles. The molecule has 0 bridgehead atoms. The number of nitrogens with two attached hydrogens (primary N) is 1. The molecule has 3 N–H and O–H groups in total. The van der Waals surface area contributed by atoms with Crippen molar-refractivity contribution >= 4 is 63.5 Å². The Morgan fingerprint density at radius 2 is 1.81 bits per heavy atom. The third kappa shape index (κ3) is 6.16. The highest BCUT2D eigenvalue weighted by Gasteiger charge is 2.55. The largest absolute Gasteiger partial charge is 0.448 e. The number of hydrogen-bond donors (Lipinski definition) is 2. The number of nitrogens with zero attached hydrogens (tertiary/aromatic N) is 3. The van der Waals surface area contributed by atoms with Crippen LogP contribution in [0.4, 0.5) is 5.13 Å². The molecule has 2 aliphatic rings. The Morgan fingerprint density at radius 3 is 2.38 bits per heavy atom. The molecule has 2 aromatic carbocycles. The lowest BCUT2D eigenvalue weighted by molar-refractivity contribution is -0.154. The normalized spacial score (nSPS) is 18.4. The Morgan fingerprint density at radius 1 is 1.14 bits per heavy atom. The van der Waals surface area contributed by atoms with E-state index in [2.05, 4.69) is 15.5 Å². The molecule has 11 nitrogen and oxygen atoms in total. The molecule has 0 saturated carbocycles. The van der Waals surface area contributed by atoms with Crippen molar-refractivity contribution in [2.24, 2.45) is 5.16 Å². The molecule has 2 atom stereocenters. The number of esters is 1. The number of anilines is 1. The summed E-state index contributed by atoms with van der Waals surface area (Å²) in [4.78, 5) is 51.5. The molecule has 0 unspecified atom stereocenters. The molecule has 0 radical (unpaired) electrons. The van der Waals surface area contributed by atoms with Gasteiger partial charge in [-0.2, -0.15) is 0 Å². The maximum absolute atomic E-state index is 13.9. The Labute approximate surface area is 254 Å². The fourth-order valence-electron chi connectivity index (χ4n) is 4.47. The van der Waals surface area contributed by atoms with Crippen molar-refractivity contribution in [3.05, 3.63) is 93.5 Å². The number of nitrogen functional groups attached to an aromatic ring is 1. The number of rotatable bonds is 11. The molecule has 3 aromatic rings. The van der Waals surface area contributed by atoms with E-state index in [-0.39, 0.29) is 28.2 Å². The third-order valence-corrected chi connectivity index (χ3v) is 9.53. The van der Waals surface area contributed by atoms with Crippen LogP contribution in [-0.4, -0.2) is 70.7 Å². The van der Waals surface area contributed by atoms with Crippen molar-refractivity contribution in [1.29, 1.82) is 0 Å². The molecule has 1 saturated heterocycles. The van der Waals surface area contributed by atoms with Crippen molar-refractivity contribution in [1.82, 2.24) is 15.2 Å². The van der Waals surface area contributed by atoms with E-state index < -0.39 is 35.3 Å². The summed E-state index contributed by atoms with van der Waals surface area (Å²) < 4.78 is 11.4. The first kappa shape index (κ1) is 29.6. The number of benzene rings is 2. The van der Waals surface area contributed by atoms with Crippen LogP contribution in [0.5, 0.6) is 0 Å². The lowest BCUT2D eigenvalue weighted by Crippen LogP contribution is -2.71. The number of amides is 2. The third-order valence-electron chi connectivity index (χ3n) is 6.36. The molecule has 2 aliphatic heterocycles. The smallest absolute Gasteiger partial charge is 0.356 e. The van der Waals surface area contributed by atoms with E-state index in [4.69, 9.17) is 20.0 Å². The van der Waals surface area contributed by atoms with Crippen LogP contribution >= 0.6 is 34.9 Å². The van der Waals surface area contributed by atoms with Gasteiger partial charge < -0.3 is 25.4 Å². The Kier molecular flexibility index (Phi) is 9.47. The Balaban J connectivity index is 1.40. The van der Waals surface area contributed by atoms with Gasteiger partial charge in [0.25, 0.3) is 11.8 Å². The van der Waals surface area contributed by atoms with Gasteiger partial charge in [-0.25, -0.2) is 9.78 Å². The summed E-state index contributed by atoms with van der Waals surface area (Å²) in [6, 6.07) is 17.9. The standard InChI is InChI=1S/C28H27N5O6S3/c1-37-15-42-19-14-40-26-21(31-24(34)20(32-38-2)18-13-41-28(29)30-18)25(35)33(26)22(19)27(36)39-23(16-9-5-3-6-10-16)17-11-7-4-8-12-17/h3-13,21,23,26H,14-15H2,1-2H3,(H2,29,30)(H,31,34)/b32-20-/t21-,26-/m1/s1. The van der Waals surface area contributed by atoms with Crippen LogP contribution in [0.1, 0.15) is 22.9 Å². The van der Waals surface area contributed by atoms with E-state index in [9.17, 15) is 14.4 Å². The van der Waals surface area contributed by atoms with E-state index in [1.54, 1.807) is 12.5 Å². The van der Waals surface area contributed by atoms with Crippen LogP contribution in [0.3, 0.4) is 0 Å². The van der Waals surface area contributed by atoms with Crippen LogP contribution in [-0.2, 0) is 28.7 Å². The second kappa shape index (κ2) is 13.4. The number of thiazole rings is 1. The first-order valence-corrected chi connectivity index (χ1v) is 15.6. The topological polar surface area (TPSA) is 145 Å². The van der Waals surface area contributed by atoms with Gasteiger partial charge in [0.2, 0.25) is 0 Å². The number of fused-ring (bicyclic) bond motifs is 1. The van der Waals surface area contributed by atoms with E-state index in [1.807, 2.05) is 60.7 Å².